The molecule has 1 aromatic heterocycles. The lowest BCUT2D eigenvalue weighted by Gasteiger charge is -1.98. The van der Waals surface area contributed by atoms with Gasteiger partial charge in [0.2, 0.25) is 0 Å². The largest absolute Gasteiger partial charge is 0.345 e. The predicted molar refractivity (Wildman–Crippen MR) is 55.0 cm³/mol. The van der Waals surface area contributed by atoms with Gasteiger partial charge >= 0.3 is 0 Å². The standard InChI is InChI=1S/C11H17N3/c1-7-4-10(7)11-13-6-9(14-11)5-12-8-2-3-8/h6-8,10,12H,2-5H2,1H3,(H,13,14). The fraction of sp³-hybridized carbons (Fsp3) is 0.727. The Bertz CT molecular complexity index is 327. The molecule has 2 atom stereocenters. The minimum absolute atomic E-state index is 0.713. The number of imidazole rings is 1. The molecule has 2 fully saturated rings. The summed E-state index contributed by atoms with van der Waals surface area (Å²) in [6.45, 7) is 3.24. The van der Waals surface area contributed by atoms with Crippen LogP contribution in [0.3, 0.4) is 0 Å². The molecule has 14 heavy (non-hydrogen) atoms. The minimum Gasteiger partial charge on any atom is -0.345 e. The van der Waals surface area contributed by atoms with Crippen molar-refractivity contribution in [3.05, 3.63) is 17.7 Å². The number of hydrogen-bond donors (Lipinski definition) is 2. The molecule has 0 amide bonds. The summed E-state index contributed by atoms with van der Waals surface area (Å²) in [6, 6.07) is 0.779. The van der Waals surface area contributed by atoms with Gasteiger partial charge in [0.25, 0.3) is 0 Å². The van der Waals surface area contributed by atoms with Crippen LogP contribution in [0.25, 0.3) is 0 Å². The summed E-state index contributed by atoms with van der Waals surface area (Å²) in [5.74, 6) is 2.75. The first-order chi connectivity index (χ1) is 6.83. The van der Waals surface area contributed by atoms with Gasteiger partial charge in [-0.15, -0.1) is 0 Å². The third-order valence-corrected chi connectivity index (χ3v) is 3.27. The van der Waals surface area contributed by atoms with Gasteiger partial charge < -0.3 is 10.3 Å². The molecule has 76 valence electrons. The second-order valence-electron chi connectivity index (χ2n) is 4.77. The van der Waals surface area contributed by atoms with Crippen LogP contribution >= 0.6 is 0 Å². The Balaban J connectivity index is 1.59. The highest BCUT2D eigenvalue weighted by atomic mass is 15.0. The second-order valence-corrected chi connectivity index (χ2v) is 4.77. The number of aromatic nitrogens is 2. The fourth-order valence-corrected chi connectivity index (χ4v) is 1.90. The Hall–Kier alpha value is -0.830. The minimum atomic E-state index is 0.713. The van der Waals surface area contributed by atoms with E-state index in [1.807, 2.05) is 6.20 Å². The number of H-pyrrole nitrogens is 1. The molecule has 0 bridgehead atoms. The molecule has 2 saturated carbocycles. The van der Waals surface area contributed by atoms with Crippen LogP contribution in [0.5, 0.6) is 0 Å². The van der Waals surface area contributed by atoms with Crippen molar-refractivity contribution in [1.29, 1.82) is 0 Å². The summed E-state index contributed by atoms with van der Waals surface area (Å²) >= 11 is 0. The summed E-state index contributed by atoms with van der Waals surface area (Å²) in [5.41, 5.74) is 1.24. The van der Waals surface area contributed by atoms with E-state index in [0.29, 0.717) is 5.92 Å². The molecule has 2 N–H and O–H groups in total. The monoisotopic (exact) mass is 191 g/mol. The van der Waals surface area contributed by atoms with Gasteiger partial charge in [0, 0.05) is 30.4 Å². The molecule has 0 aromatic carbocycles. The van der Waals surface area contributed by atoms with Crippen molar-refractivity contribution in [2.24, 2.45) is 5.92 Å². The van der Waals surface area contributed by atoms with Crippen molar-refractivity contribution < 1.29 is 0 Å². The van der Waals surface area contributed by atoms with E-state index < -0.39 is 0 Å². The average Bonchev–Trinajstić information content (AvgIpc) is 3.07. The molecule has 3 nitrogen and oxygen atoms in total. The lowest BCUT2D eigenvalue weighted by molar-refractivity contribution is 0.675. The van der Waals surface area contributed by atoms with E-state index in [1.165, 1.54) is 30.8 Å². The number of hydrogen-bond acceptors (Lipinski definition) is 2. The number of aromatic amines is 1. The van der Waals surface area contributed by atoms with E-state index in [2.05, 4.69) is 22.2 Å². The highest BCUT2D eigenvalue weighted by Gasteiger charge is 2.36. The zero-order valence-corrected chi connectivity index (χ0v) is 8.59. The fourth-order valence-electron chi connectivity index (χ4n) is 1.90. The molecule has 0 saturated heterocycles. The molecule has 0 spiro atoms. The van der Waals surface area contributed by atoms with Crippen molar-refractivity contribution in [2.75, 3.05) is 0 Å². The predicted octanol–water partition coefficient (Wildman–Crippen LogP) is 1.79. The van der Waals surface area contributed by atoms with Crippen LogP contribution < -0.4 is 5.32 Å². The van der Waals surface area contributed by atoms with E-state index in [0.717, 1.165) is 18.5 Å². The molecule has 0 aliphatic heterocycles. The summed E-state index contributed by atoms with van der Waals surface area (Å²) in [5, 5.41) is 3.49. The molecular weight excluding hydrogens is 174 g/mol. The summed E-state index contributed by atoms with van der Waals surface area (Å²) in [4.78, 5) is 7.85. The Morgan fingerprint density at radius 1 is 1.57 bits per heavy atom. The van der Waals surface area contributed by atoms with Gasteiger partial charge in [0.05, 0.1) is 0 Å². The highest BCUT2D eigenvalue weighted by Crippen LogP contribution is 2.45. The van der Waals surface area contributed by atoms with Crippen molar-refractivity contribution in [1.82, 2.24) is 15.3 Å². The molecule has 1 aromatic rings. The van der Waals surface area contributed by atoms with Gasteiger partial charge in [0.15, 0.2) is 0 Å². The molecule has 2 unspecified atom stereocenters. The molecular formula is C11H17N3. The van der Waals surface area contributed by atoms with Gasteiger partial charge in [0.1, 0.15) is 5.82 Å². The Kier molecular flexibility index (Phi) is 1.87. The molecule has 2 aliphatic rings. The van der Waals surface area contributed by atoms with Crippen LogP contribution in [0.1, 0.15) is 43.6 Å². The average molecular weight is 191 g/mol. The molecule has 3 heteroatoms. The Labute approximate surface area is 84.3 Å². The molecule has 0 radical (unpaired) electrons. The highest BCUT2D eigenvalue weighted by molar-refractivity contribution is 5.12. The normalized spacial score (nSPS) is 30.6. The van der Waals surface area contributed by atoms with Crippen molar-refractivity contribution in [2.45, 2.75) is 44.7 Å². The zero-order valence-electron chi connectivity index (χ0n) is 8.59. The summed E-state index contributed by atoms with van der Waals surface area (Å²) in [7, 11) is 0. The van der Waals surface area contributed by atoms with Crippen LogP contribution in [-0.2, 0) is 6.54 Å². The van der Waals surface area contributed by atoms with Crippen molar-refractivity contribution >= 4 is 0 Å². The van der Waals surface area contributed by atoms with Crippen LogP contribution in [0, 0.1) is 5.92 Å². The van der Waals surface area contributed by atoms with Crippen LogP contribution in [0.2, 0.25) is 0 Å². The maximum absolute atomic E-state index is 4.43. The maximum Gasteiger partial charge on any atom is 0.109 e. The zero-order chi connectivity index (χ0) is 9.54. The van der Waals surface area contributed by atoms with E-state index in [-0.39, 0.29) is 0 Å². The molecule has 2 aliphatic carbocycles. The van der Waals surface area contributed by atoms with Gasteiger partial charge in [-0.25, -0.2) is 4.98 Å². The molecule has 3 rings (SSSR count). The Morgan fingerprint density at radius 3 is 3.00 bits per heavy atom. The van der Waals surface area contributed by atoms with Gasteiger partial charge in [-0.2, -0.15) is 0 Å². The smallest absolute Gasteiger partial charge is 0.109 e. The Morgan fingerprint density at radius 2 is 2.36 bits per heavy atom. The number of nitrogens with zero attached hydrogens (tertiary/aromatic N) is 1. The molecule has 1 heterocycles. The van der Waals surface area contributed by atoms with Crippen LogP contribution in [0.15, 0.2) is 6.20 Å². The first kappa shape index (κ1) is 8.48. The quantitative estimate of drug-likeness (QED) is 0.761. The van der Waals surface area contributed by atoms with Gasteiger partial charge in [-0.1, -0.05) is 6.92 Å². The second kappa shape index (κ2) is 3.09. The van der Waals surface area contributed by atoms with Crippen LogP contribution in [0.4, 0.5) is 0 Å². The van der Waals surface area contributed by atoms with Crippen LogP contribution in [-0.4, -0.2) is 16.0 Å². The van der Waals surface area contributed by atoms with E-state index >= 15 is 0 Å². The third-order valence-electron chi connectivity index (χ3n) is 3.27. The number of rotatable bonds is 4. The first-order valence-electron chi connectivity index (χ1n) is 5.60. The lowest BCUT2D eigenvalue weighted by Crippen LogP contribution is -2.15. The van der Waals surface area contributed by atoms with E-state index in [1.54, 1.807) is 0 Å². The maximum atomic E-state index is 4.43. The van der Waals surface area contributed by atoms with Gasteiger partial charge in [-0.3, -0.25) is 0 Å². The third kappa shape index (κ3) is 1.69. The van der Waals surface area contributed by atoms with Crippen molar-refractivity contribution in [3.63, 3.8) is 0 Å². The van der Waals surface area contributed by atoms with Crippen molar-refractivity contribution in [3.8, 4) is 0 Å². The SMILES string of the molecule is CC1CC1c1ncc(CNC2CC2)[nH]1. The topological polar surface area (TPSA) is 40.7 Å². The first-order valence-corrected chi connectivity index (χ1v) is 5.60. The number of nitrogens with one attached hydrogen (secondary N) is 2. The summed E-state index contributed by atoms with van der Waals surface area (Å²) in [6.07, 6.45) is 5.99. The lowest BCUT2D eigenvalue weighted by atomic mass is 10.3. The summed E-state index contributed by atoms with van der Waals surface area (Å²) < 4.78 is 0. The van der Waals surface area contributed by atoms with E-state index in [9.17, 15) is 0 Å². The van der Waals surface area contributed by atoms with E-state index in [4.69, 9.17) is 0 Å². The van der Waals surface area contributed by atoms with Gasteiger partial charge in [-0.05, 0) is 25.2 Å².